The Morgan fingerprint density at radius 3 is 2.30 bits per heavy atom. The van der Waals surface area contributed by atoms with Gasteiger partial charge >= 0.3 is 11.9 Å². The molecule has 9 nitrogen and oxygen atoms in total. The van der Waals surface area contributed by atoms with Gasteiger partial charge in [0.2, 0.25) is 0 Å². The molecular formula is C35H62O9. The van der Waals surface area contributed by atoms with Crippen molar-refractivity contribution in [2.75, 3.05) is 13.2 Å². The molecule has 44 heavy (non-hydrogen) atoms. The number of aliphatic hydroxyl groups is 4. The Balaban J connectivity index is 2.26. The highest BCUT2D eigenvalue weighted by molar-refractivity contribution is 5.70. The van der Waals surface area contributed by atoms with Crippen LogP contribution in [-0.2, 0) is 23.8 Å². The van der Waals surface area contributed by atoms with E-state index in [0.717, 1.165) is 44.4 Å². The number of aliphatic hydroxyl groups excluding tert-OH is 4. The van der Waals surface area contributed by atoms with Gasteiger partial charge in [-0.25, -0.2) is 0 Å². The van der Waals surface area contributed by atoms with Gasteiger partial charge in [0.25, 0.3) is 0 Å². The van der Waals surface area contributed by atoms with Crippen LogP contribution in [0.3, 0.4) is 0 Å². The monoisotopic (exact) mass is 626 g/mol. The lowest BCUT2D eigenvalue weighted by molar-refractivity contribution is -0.199. The van der Waals surface area contributed by atoms with Gasteiger partial charge < -0.3 is 34.6 Å². The van der Waals surface area contributed by atoms with Crippen LogP contribution in [0, 0.1) is 11.8 Å². The van der Waals surface area contributed by atoms with Crippen LogP contribution < -0.4 is 0 Å². The van der Waals surface area contributed by atoms with Crippen molar-refractivity contribution in [1.82, 2.24) is 0 Å². The normalized spacial score (nSPS) is 22.1. The van der Waals surface area contributed by atoms with Crippen molar-refractivity contribution in [2.45, 2.75) is 161 Å². The van der Waals surface area contributed by atoms with Gasteiger partial charge in [0.1, 0.15) is 6.61 Å². The molecule has 1 saturated heterocycles. The number of hydrogen-bond acceptors (Lipinski definition) is 9. The molecule has 0 aliphatic carbocycles. The molecule has 9 heteroatoms. The minimum atomic E-state index is -1.05. The van der Waals surface area contributed by atoms with Crippen LogP contribution in [0.2, 0.25) is 0 Å². The molecule has 1 aliphatic heterocycles. The average Bonchev–Trinajstić information content (AvgIpc) is 2.98. The summed E-state index contributed by atoms with van der Waals surface area (Å²) in [6.07, 6.45) is 17.4. The number of rotatable bonds is 25. The molecule has 1 heterocycles. The average molecular weight is 627 g/mol. The number of unbranched alkanes of at least 4 members (excludes halogenated alkanes) is 8. The van der Waals surface area contributed by atoms with E-state index in [0.29, 0.717) is 32.1 Å². The van der Waals surface area contributed by atoms with Crippen LogP contribution in [-0.4, -0.2) is 76.3 Å². The van der Waals surface area contributed by atoms with Gasteiger partial charge in [-0.05, 0) is 38.0 Å². The fraction of sp³-hybridized carbons (Fsp3) is 0.829. The topological polar surface area (TPSA) is 143 Å². The number of esters is 2. The summed E-state index contributed by atoms with van der Waals surface area (Å²) in [5.74, 6) is -0.306. The Morgan fingerprint density at radius 2 is 1.59 bits per heavy atom. The van der Waals surface area contributed by atoms with E-state index in [1.165, 1.54) is 25.7 Å². The fourth-order valence-corrected chi connectivity index (χ4v) is 5.25. The van der Waals surface area contributed by atoms with Gasteiger partial charge in [-0.1, -0.05) is 103 Å². The highest BCUT2D eigenvalue weighted by Gasteiger charge is 2.35. The van der Waals surface area contributed by atoms with Gasteiger partial charge in [-0.2, -0.15) is 0 Å². The summed E-state index contributed by atoms with van der Waals surface area (Å²) in [6.45, 7) is 6.02. The van der Waals surface area contributed by atoms with Crippen molar-refractivity contribution in [2.24, 2.45) is 11.8 Å². The molecule has 0 aromatic carbocycles. The van der Waals surface area contributed by atoms with Crippen LogP contribution in [0.15, 0.2) is 24.3 Å². The highest BCUT2D eigenvalue weighted by Crippen LogP contribution is 2.29. The molecule has 1 fully saturated rings. The second-order valence-corrected chi connectivity index (χ2v) is 12.6. The molecule has 0 aromatic heterocycles. The fourth-order valence-electron chi connectivity index (χ4n) is 5.25. The van der Waals surface area contributed by atoms with E-state index in [4.69, 9.17) is 14.2 Å². The third-order valence-corrected chi connectivity index (χ3v) is 7.97. The number of hydrogen-bond donors (Lipinski definition) is 4. The second-order valence-electron chi connectivity index (χ2n) is 12.6. The lowest BCUT2D eigenvalue weighted by Gasteiger charge is -2.36. The smallest absolute Gasteiger partial charge is 0.306 e. The van der Waals surface area contributed by atoms with E-state index in [1.807, 2.05) is 12.2 Å². The number of carbonyl (C=O) groups excluding carboxylic acids is 2. The van der Waals surface area contributed by atoms with Crippen molar-refractivity contribution in [3.63, 3.8) is 0 Å². The summed E-state index contributed by atoms with van der Waals surface area (Å²) >= 11 is 0. The van der Waals surface area contributed by atoms with Crippen LogP contribution in [0.1, 0.15) is 130 Å². The van der Waals surface area contributed by atoms with E-state index in [1.54, 1.807) is 12.2 Å². The summed E-state index contributed by atoms with van der Waals surface area (Å²) in [6, 6.07) is 0. The van der Waals surface area contributed by atoms with Crippen molar-refractivity contribution in [3.8, 4) is 0 Å². The first kappa shape index (κ1) is 40.2. The maximum atomic E-state index is 12.1. The number of carbonyl (C=O) groups is 2. The Hall–Kier alpha value is -1.78. The van der Waals surface area contributed by atoms with Crippen LogP contribution in [0.25, 0.3) is 0 Å². The Kier molecular flexibility index (Phi) is 23.2. The first-order valence-electron chi connectivity index (χ1n) is 17.1. The molecule has 0 spiro atoms. The zero-order valence-corrected chi connectivity index (χ0v) is 27.6. The third kappa shape index (κ3) is 20.3. The maximum Gasteiger partial charge on any atom is 0.306 e. The molecule has 0 radical (unpaired) electrons. The van der Waals surface area contributed by atoms with Crippen LogP contribution in [0.4, 0.5) is 0 Å². The molecule has 1 unspecified atom stereocenters. The Bertz CT molecular complexity index is 797. The number of allylic oxidation sites excluding steroid dienone is 2. The molecule has 4 N–H and O–H groups in total. The Morgan fingerprint density at radius 1 is 0.909 bits per heavy atom. The molecule has 0 bridgehead atoms. The predicted molar refractivity (Wildman–Crippen MR) is 172 cm³/mol. The second kappa shape index (κ2) is 25.4. The molecule has 0 amide bonds. The first-order valence-corrected chi connectivity index (χ1v) is 17.1. The minimum absolute atomic E-state index is 0.135. The van der Waals surface area contributed by atoms with Gasteiger partial charge in [-0.3, -0.25) is 9.59 Å². The molecule has 256 valence electrons. The van der Waals surface area contributed by atoms with Crippen LogP contribution in [0.5, 0.6) is 0 Å². The van der Waals surface area contributed by atoms with Crippen molar-refractivity contribution in [3.05, 3.63) is 24.3 Å². The number of ether oxygens (including phenoxy) is 3. The molecule has 0 aromatic rings. The molecule has 1 rings (SSSR count). The molecule has 0 saturated carbocycles. The largest absolute Gasteiger partial charge is 0.462 e. The standard InChI is InChI=1S/C35H62O9/c1-4-5-12-18-28(37)22-23-32-30(31(38)24-35(41)44-32)19-14-10-11-15-20-33(39)42-26-29(25-36)43-34(40)21-16-9-7-6-8-13-17-27(2)3/h10,14,22-23,27-32,35-38,41H,4-9,11-13,15-21,24-26H2,1-3H3/b14-10-,23-22+/t28-,29-,30-,31-,32+,35?/m0/s1. The first-order chi connectivity index (χ1) is 21.2. The van der Waals surface area contributed by atoms with Gasteiger partial charge in [-0.15, -0.1) is 0 Å². The van der Waals surface area contributed by atoms with E-state index in [2.05, 4.69) is 20.8 Å². The van der Waals surface area contributed by atoms with E-state index >= 15 is 0 Å². The summed E-state index contributed by atoms with van der Waals surface area (Å²) in [5, 5.41) is 40.2. The maximum absolute atomic E-state index is 12.1. The lowest BCUT2D eigenvalue weighted by atomic mass is 9.87. The van der Waals surface area contributed by atoms with Crippen LogP contribution >= 0.6 is 0 Å². The molecule has 6 atom stereocenters. The van der Waals surface area contributed by atoms with Crippen molar-refractivity contribution < 1.29 is 44.2 Å². The molecule has 1 aliphatic rings. The SMILES string of the molecule is CCCCC[C@H](O)/C=C/[C@H]1OC(O)C[C@H](O)[C@@H]1C/C=C\CCCC(=O)OC[C@H](CO)OC(=O)CCCCCCCCC(C)C. The summed E-state index contributed by atoms with van der Waals surface area (Å²) in [7, 11) is 0. The van der Waals surface area contributed by atoms with E-state index < -0.39 is 43.3 Å². The summed E-state index contributed by atoms with van der Waals surface area (Å²) in [4.78, 5) is 24.2. The van der Waals surface area contributed by atoms with Crippen molar-refractivity contribution in [1.29, 1.82) is 0 Å². The Labute approximate surface area is 266 Å². The zero-order valence-electron chi connectivity index (χ0n) is 27.6. The highest BCUT2D eigenvalue weighted by atomic mass is 16.6. The van der Waals surface area contributed by atoms with Gasteiger partial charge in [0.15, 0.2) is 12.4 Å². The van der Waals surface area contributed by atoms with Gasteiger partial charge in [0.05, 0.1) is 24.9 Å². The van der Waals surface area contributed by atoms with Crippen molar-refractivity contribution >= 4 is 11.9 Å². The zero-order chi connectivity index (χ0) is 32.6. The lowest BCUT2D eigenvalue weighted by Crippen LogP contribution is -2.43. The quantitative estimate of drug-likeness (QED) is 0.0553. The third-order valence-electron chi connectivity index (χ3n) is 7.97. The van der Waals surface area contributed by atoms with Gasteiger partial charge in [0, 0.05) is 25.2 Å². The van der Waals surface area contributed by atoms with E-state index in [9.17, 15) is 30.0 Å². The minimum Gasteiger partial charge on any atom is -0.462 e. The van der Waals surface area contributed by atoms with E-state index in [-0.39, 0.29) is 31.3 Å². The molecular weight excluding hydrogens is 564 g/mol. The summed E-state index contributed by atoms with van der Waals surface area (Å²) in [5.41, 5.74) is 0. The predicted octanol–water partition coefficient (Wildman–Crippen LogP) is 5.91. The summed E-state index contributed by atoms with van der Waals surface area (Å²) < 4.78 is 16.1.